The van der Waals surface area contributed by atoms with Gasteiger partial charge in [0.25, 0.3) is 0 Å². The minimum absolute atomic E-state index is 0. The smallest absolute Gasteiger partial charge is 0.193 e. The Hall–Kier alpha value is -0.480. The molecule has 1 N–H and O–H groups in total. The highest BCUT2D eigenvalue weighted by atomic mass is 127. The third kappa shape index (κ3) is 7.45. The standard InChI is InChI=1S/C19H31N3O2S2.HI/c1-19(2,3)26(23,24)13-11-21-18(20-4)22-12-10-16(14-22)15-25-17-8-6-5-7-9-17;/h5-9,16H,10-15H2,1-4H3,(H,20,21);1H. The van der Waals surface area contributed by atoms with Crippen molar-refractivity contribution < 1.29 is 8.42 Å². The highest BCUT2D eigenvalue weighted by Gasteiger charge is 2.29. The molecule has 0 aliphatic carbocycles. The summed E-state index contributed by atoms with van der Waals surface area (Å²) in [7, 11) is -1.36. The second-order valence-electron chi connectivity index (χ2n) is 7.63. The first kappa shape index (κ1) is 24.6. The van der Waals surface area contributed by atoms with E-state index >= 15 is 0 Å². The molecule has 0 amide bonds. The van der Waals surface area contributed by atoms with E-state index in [-0.39, 0.29) is 29.7 Å². The van der Waals surface area contributed by atoms with Gasteiger partial charge in [0.1, 0.15) is 0 Å². The summed E-state index contributed by atoms with van der Waals surface area (Å²) in [6.45, 7) is 7.55. The quantitative estimate of drug-likeness (QED) is 0.267. The molecule has 1 unspecified atom stereocenters. The third-order valence-corrected chi connectivity index (χ3v) is 8.46. The Balaban J connectivity index is 0.00000364. The number of hydrogen-bond acceptors (Lipinski definition) is 4. The number of nitrogens with one attached hydrogen (secondary N) is 1. The molecule has 1 aliphatic rings. The van der Waals surface area contributed by atoms with Crippen LogP contribution in [-0.2, 0) is 9.84 Å². The average Bonchev–Trinajstić information content (AvgIpc) is 3.05. The zero-order chi connectivity index (χ0) is 19.2. The maximum atomic E-state index is 12.2. The Morgan fingerprint density at radius 3 is 2.56 bits per heavy atom. The number of nitrogens with zero attached hydrogens (tertiary/aromatic N) is 2. The minimum Gasteiger partial charge on any atom is -0.355 e. The van der Waals surface area contributed by atoms with Crippen molar-refractivity contribution in [1.82, 2.24) is 10.2 Å². The highest BCUT2D eigenvalue weighted by molar-refractivity contribution is 14.0. The molecule has 0 aromatic heterocycles. The Bertz CT molecular complexity index is 703. The summed E-state index contributed by atoms with van der Waals surface area (Å²) < 4.78 is 23.7. The molecule has 8 heteroatoms. The van der Waals surface area contributed by atoms with Gasteiger partial charge in [0.05, 0.1) is 10.5 Å². The van der Waals surface area contributed by atoms with Gasteiger partial charge in [0.2, 0.25) is 0 Å². The van der Waals surface area contributed by atoms with E-state index in [1.807, 2.05) is 17.8 Å². The maximum absolute atomic E-state index is 12.2. The third-order valence-electron chi connectivity index (χ3n) is 4.61. The van der Waals surface area contributed by atoms with Gasteiger partial charge in [-0.05, 0) is 45.2 Å². The van der Waals surface area contributed by atoms with Gasteiger partial charge >= 0.3 is 0 Å². The van der Waals surface area contributed by atoms with Crippen molar-refractivity contribution in [3.63, 3.8) is 0 Å². The SMILES string of the molecule is CN=C(NCCS(=O)(=O)C(C)(C)C)N1CCC(CSc2ccccc2)C1.I. The summed E-state index contributed by atoms with van der Waals surface area (Å²) in [5.74, 6) is 2.64. The lowest BCUT2D eigenvalue weighted by Crippen LogP contribution is -2.43. The summed E-state index contributed by atoms with van der Waals surface area (Å²) in [4.78, 5) is 7.88. The molecule has 0 spiro atoms. The largest absolute Gasteiger partial charge is 0.355 e. The average molecular weight is 526 g/mol. The second-order valence-corrected chi connectivity index (χ2v) is 11.6. The predicted octanol–water partition coefficient (Wildman–Crippen LogP) is 3.51. The van der Waals surface area contributed by atoms with Crippen LogP contribution in [-0.4, -0.2) is 62.2 Å². The van der Waals surface area contributed by atoms with Crippen molar-refractivity contribution in [3.8, 4) is 0 Å². The number of rotatable bonds is 6. The topological polar surface area (TPSA) is 61.8 Å². The summed E-state index contributed by atoms with van der Waals surface area (Å²) >= 11 is 1.90. The summed E-state index contributed by atoms with van der Waals surface area (Å²) in [6.07, 6.45) is 1.14. The van der Waals surface area contributed by atoms with E-state index in [2.05, 4.69) is 39.5 Å². The lowest BCUT2D eigenvalue weighted by molar-refractivity contribution is 0.476. The maximum Gasteiger partial charge on any atom is 0.193 e. The Labute approximate surface area is 185 Å². The molecule has 27 heavy (non-hydrogen) atoms. The van der Waals surface area contributed by atoms with Crippen molar-refractivity contribution in [2.24, 2.45) is 10.9 Å². The molecule has 1 fully saturated rings. The number of likely N-dealkylation sites (tertiary alicyclic amines) is 1. The van der Waals surface area contributed by atoms with Crippen molar-refractivity contribution >= 4 is 51.5 Å². The first-order valence-electron chi connectivity index (χ1n) is 9.08. The number of guanidine groups is 1. The molecule has 1 heterocycles. The lowest BCUT2D eigenvalue weighted by atomic mass is 10.2. The molecule has 1 saturated heterocycles. The zero-order valence-corrected chi connectivity index (χ0v) is 20.6. The van der Waals surface area contributed by atoms with Crippen LogP contribution >= 0.6 is 35.7 Å². The zero-order valence-electron chi connectivity index (χ0n) is 16.6. The van der Waals surface area contributed by atoms with Crippen LogP contribution in [0.15, 0.2) is 40.2 Å². The van der Waals surface area contributed by atoms with Crippen LogP contribution in [0.3, 0.4) is 0 Å². The van der Waals surface area contributed by atoms with E-state index in [4.69, 9.17) is 0 Å². The fourth-order valence-electron chi connectivity index (χ4n) is 2.83. The molecular formula is C19H32IN3O2S2. The van der Waals surface area contributed by atoms with Crippen LogP contribution in [0.1, 0.15) is 27.2 Å². The fourth-order valence-corrected chi connectivity index (χ4v) is 4.86. The summed E-state index contributed by atoms with van der Waals surface area (Å²) in [5, 5.41) is 3.22. The van der Waals surface area contributed by atoms with Gasteiger partial charge in [-0.15, -0.1) is 35.7 Å². The number of sulfone groups is 1. The predicted molar refractivity (Wildman–Crippen MR) is 127 cm³/mol. The van der Waals surface area contributed by atoms with E-state index in [0.717, 1.165) is 31.2 Å². The van der Waals surface area contributed by atoms with Gasteiger partial charge in [-0.3, -0.25) is 4.99 Å². The van der Waals surface area contributed by atoms with E-state index in [1.54, 1.807) is 27.8 Å². The highest BCUT2D eigenvalue weighted by Crippen LogP contribution is 2.25. The van der Waals surface area contributed by atoms with Gasteiger partial charge < -0.3 is 10.2 Å². The van der Waals surface area contributed by atoms with E-state index in [9.17, 15) is 8.42 Å². The van der Waals surface area contributed by atoms with Crippen LogP contribution in [0, 0.1) is 5.92 Å². The first-order valence-corrected chi connectivity index (χ1v) is 11.7. The van der Waals surface area contributed by atoms with Crippen molar-refractivity contribution in [2.45, 2.75) is 36.8 Å². The van der Waals surface area contributed by atoms with Gasteiger partial charge in [0.15, 0.2) is 15.8 Å². The molecule has 1 aromatic rings. The first-order chi connectivity index (χ1) is 12.2. The molecule has 1 aromatic carbocycles. The number of hydrogen-bond donors (Lipinski definition) is 1. The van der Waals surface area contributed by atoms with E-state index < -0.39 is 14.6 Å². The monoisotopic (exact) mass is 525 g/mol. The summed E-state index contributed by atoms with van der Waals surface area (Å²) in [5.41, 5.74) is 0. The number of halogens is 1. The molecule has 0 saturated carbocycles. The van der Waals surface area contributed by atoms with Crippen molar-refractivity contribution in [3.05, 3.63) is 30.3 Å². The van der Waals surface area contributed by atoms with Gasteiger partial charge in [0, 0.05) is 37.3 Å². The molecule has 154 valence electrons. The molecule has 0 radical (unpaired) electrons. The number of aliphatic imine (C=N–C) groups is 1. The lowest BCUT2D eigenvalue weighted by Gasteiger charge is -2.23. The van der Waals surface area contributed by atoms with Crippen LogP contribution in [0.5, 0.6) is 0 Å². The van der Waals surface area contributed by atoms with E-state index in [1.165, 1.54) is 4.90 Å². The molecule has 0 bridgehead atoms. The van der Waals surface area contributed by atoms with Crippen LogP contribution in [0.2, 0.25) is 0 Å². The Morgan fingerprint density at radius 1 is 1.30 bits per heavy atom. The molecule has 1 aliphatic heterocycles. The van der Waals surface area contributed by atoms with E-state index in [0.29, 0.717) is 12.5 Å². The molecule has 5 nitrogen and oxygen atoms in total. The summed E-state index contributed by atoms with van der Waals surface area (Å²) in [6, 6.07) is 10.5. The normalized spacial score (nSPS) is 18.3. The number of thioether (sulfide) groups is 1. The van der Waals surface area contributed by atoms with Crippen molar-refractivity contribution in [1.29, 1.82) is 0 Å². The van der Waals surface area contributed by atoms with Gasteiger partial charge in [-0.1, -0.05) is 18.2 Å². The Kier molecular flexibility index (Phi) is 9.91. The minimum atomic E-state index is -3.11. The van der Waals surface area contributed by atoms with Crippen LogP contribution in [0.4, 0.5) is 0 Å². The fraction of sp³-hybridized carbons (Fsp3) is 0.632. The van der Waals surface area contributed by atoms with Gasteiger partial charge in [-0.2, -0.15) is 0 Å². The number of benzene rings is 1. The van der Waals surface area contributed by atoms with Gasteiger partial charge in [-0.25, -0.2) is 8.42 Å². The molecule has 1 atom stereocenters. The van der Waals surface area contributed by atoms with Crippen LogP contribution < -0.4 is 5.32 Å². The molecular weight excluding hydrogens is 493 g/mol. The second kappa shape index (κ2) is 10.9. The van der Waals surface area contributed by atoms with Crippen molar-refractivity contribution in [2.75, 3.05) is 38.2 Å². The van der Waals surface area contributed by atoms with Crippen LogP contribution in [0.25, 0.3) is 0 Å². The molecule has 2 rings (SSSR count). The Morgan fingerprint density at radius 2 is 1.96 bits per heavy atom.